The number of ether oxygens (including phenoxy) is 1. The Kier molecular flexibility index (Phi) is 2.68. The van der Waals surface area contributed by atoms with E-state index in [1.54, 1.807) is 0 Å². The lowest BCUT2D eigenvalue weighted by atomic mass is 10.2. The fraction of sp³-hybridized carbons (Fsp3) is 0.545. The molecule has 0 amide bonds. The van der Waals surface area contributed by atoms with E-state index in [0.717, 1.165) is 25.5 Å². The molecule has 0 spiro atoms. The smallest absolute Gasteiger partial charge is 0.131 e. The Morgan fingerprint density at radius 3 is 3.14 bits per heavy atom. The van der Waals surface area contributed by atoms with Crippen LogP contribution in [-0.2, 0) is 4.74 Å². The average Bonchev–Trinajstić information content (AvgIpc) is 2.18. The molecule has 0 aromatic carbocycles. The van der Waals surface area contributed by atoms with E-state index in [1.807, 2.05) is 12.3 Å². The predicted molar refractivity (Wildman–Crippen MR) is 56.6 cm³/mol. The molecule has 0 bridgehead atoms. The summed E-state index contributed by atoms with van der Waals surface area (Å²) in [6.45, 7) is 6.89. The maximum absolute atomic E-state index is 5.50. The molecule has 1 fully saturated rings. The Bertz CT molecular complexity index is 314. The van der Waals surface area contributed by atoms with E-state index >= 15 is 0 Å². The Morgan fingerprint density at radius 1 is 1.57 bits per heavy atom. The number of hydrogen-bond donors (Lipinski definition) is 0. The third-order valence-corrected chi connectivity index (χ3v) is 2.52. The first-order chi connectivity index (χ1) is 6.77. The average molecular weight is 192 g/mol. The summed E-state index contributed by atoms with van der Waals surface area (Å²) in [5, 5.41) is 0. The molecule has 0 radical (unpaired) electrons. The number of anilines is 1. The second-order valence-electron chi connectivity index (χ2n) is 3.77. The van der Waals surface area contributed by atoms with Gasteiger partial charge in [-0.25, -0.2) is 4.98 Å². The van der Waals surface area contributed by atoms with Gasteiger partial charge in [0.2, 0.25) is 0 Å². The van der Waals surface area contributed by atoms with Gasteiger partial charge in [-0.1, -0.05) is 6.07 Å². The van der Waals surface area contributed by atoms with Crippen molar-refractivity contribution < 1.29 is 4.74 Å². The molecule has 1 aromatic rings. The van der Waals surface area contributed by atoms with Crippen molar-refractivity contribution in [3.05, 3.63) is 23.9 Å². The number of hydrogen-bond acceptors (Lipinski definition) is 3. The van der Waals surface area contributed by atoms with Crippen LogP contribution < -0.4 is 4.90 Å². The molecule has 0 saturated carbocycles. The van der Waals surface area contributed by atoms with Gasteiger partial charge in [0.15, 0.2) is 0 Å². The molecule has 1 aromatic heterocycles. The molecule has 1 saturated heterocycles. The molecule has 2 heterocycles. The van der Waals surface area contributed by atoms with E-state index in [2.05, 4.69) is 29.8 Å². The van der Waals surface area contributed by atoms with Crippen LogP contribution in [-0.4, -0.2) is 30.8 Å². The zero-order valence-electron chi connectivity index (χ0n) is 8.73. The molecular weight excluding hydrogens is 176 g/mol. The highest BCUT2D eigenvalue weighted by Gasteiger charge is 2.18. The molecule has 2 rings (SSSR count). The summed E-state index contributed by atoms with van der Waals surface area (Å²) >= 11 is 0. The Hall–Kier alpha value is -1.09. The molecule has 1 atom stereocenters. The summed E-state index contributed by atoms with van der Waals surface area (Å²) in [4.78, 5) is 6.70. The molecule has 1 aliphatic rings. The normalized spacial score (nSPS) is 22.4. The van der Waals surface area contributed by atoms with E-state index in [0.29, 0.717) is 6.10 Å². The van der Waals surface area contributed by atoms with Gasteiger partial charge in [-0.2, -0.15) is 0 Å². The molecule has 0 aliphatic carbocycles. The van der Waals surface area contributed by atoms with Gasteiger partial charge >= 0.3 is 0 Å². The highest BCUT2D eigenvalue weighted by Crippen LogP contribution is 2.18. The number of aromatic nitrogens is 1. The highest BCUT2D eigenvalue weighted by molar-refractivity contribution is 5.46. The minimum atomic E-state index is 0.310. The van der Waals surface area contributed by atoms with Crippen LogP contribution >= 0.6 is 0 Å². The third-order valence-electron chi connectivity index (χ3n) is 2.52. The van der Waals surface area contributed by atoms with Crippen molar-refractivity contribution >= 4 is 5.82 Å². The fourth-order valence-corrected chi connectivity index (χ4v) is 1.82. The van der Waals surface area contributed by atoms with Crippen LogP contribution in [0.2, 0.25) is 0 Å². The van der Waals surface area contributed by atoms with Gasteiger partial charge in [-0.05, 0) is 25.5 Å². The zero-order chi connectivity index (χ0) is 9.97. The van der Waals surface area contributed by atoms with Gasteiger partial charge in [0.1, 0.15) is 5.82 Å². The van der Waals surface area contributed by atoms with Crippen molar-refractivity contribution in [3.8, 4) is 0 Å². The topological polar surface area (TPSA) is 25.4 Å². The lowest BCUT2D eigenvalue weighted by Crippen LogP contribution is -2.41. The molecule has 3 heteroatoms. The first-order valence-electron chi connectivity index (χ1n) is 5.05. The van der Waals surface area contributed by atoms with Crippen LogP contribution in [0.1, 0.15) is 12.5 Å². The second kappa shape index (κ2) is 3.96. The second-order valence-corrected chi connectivity index (χ2v) is 3.77. The first-order valence-corrected chi connectivity index (χ1v) is 5.05. The van der Waals surface area contributed by atoms with Gasteiger partial charge in [-0.15, -0.1) is 0 Å². The lowest BCUT2D eigenvalue weighted by molar-refractivity contribution is 0.0529. The zero-order valence-corrected chi connectivity index (χ0v) is 8.73. The first kappa shape index (κ1) is 9.46. The van der Waals surface area contributed by atoms with Gasteiger partial charge in [0, 0.05) is 19.3 Å². The quantitative estimate of drug-likeness (QED) is 0.676. The van der Waals surface area contributed by atoms with Crippen LogP contribution in [0.25, 0.3) is 0 Å². The van der Waals surface area contributed by atoms with Gasteiger partial charge in [0.25, 0.3) is 0 Å². The van der Waals surface area contributed by atoms with Crippen molar-refractivity contribution in [2.24, 2.45) is 0 Å². The maximum atomic E-state index is 5.50. The Balaban J connectivity index is 2.18. The van der Waals surface area contributed by atoms with E-state index in [1.165, 1.54) is 5.56 Å². The number of nitrogens with zero attached hydrogens (tertiary/aromatic N) is 2. The van der Waals surface area contributed by atoms with E-state index < -0.39 is 0 Å². The van der Waals surface area contributed by atoms with Crippen LogP contribution in [0.4, 0.5) is 5.82 Å². The summed E-state index contributed by atoms with van der Waals surface area (Å²) in [6.07, 6.45) is 2.16. The van der Waals surface area contributed by atoms with Crippen LogP contribution in [0.15, 0.2) is 18.3 Å². The SMILES string of the molecule is Cc1cccnc1N1CCOC(C)C1. The minimum absolute atomic E-state index is 0.310. The molecule has 0 N–H and O–H groups in total. The van der Waals surface area contributed by atoms with Crippen LogP contribution in [0.3, 0.4) is 0 Å². The highest BCUT2D eigenvalue weighted by atomic mass is 16.5. The molecule has 76 valence electrons. The molecule has 3 nitrogen and oxygen atoms in total. The fourth-order valence-electron chi connectivity index (χ4n) is 1.82. The Morgan fingerprint density at radius 2 is 2.43 bits per heavy atom. The van der Waals surface area contributed by atoms with E-state index in [-0.39, 0.29) is 0 Å². The van der Waals surface area contributed by atoms with Crippen molar-refractivity contribution in [2.75, 3.05) is 24.6 Å². The van der Waals surface area contributed by atoms with Crippen molar-refractivity contribution in [1.29, 1.82) is 0 Å². The number of morpholine rings is 1. The predicted octanol–water partition coefficient (Wildman–Crippen LogP) is 1.62. The summed E-state index contributed by atoms with van der Waals surface area (Å²) in [6, 6.07) is 4.07. The number of rotatable bonds is 1. The maximum Gasteiger partial charge on any atom is 0.131 e. The lowest BCUT2D eigenvalue weighted by Gasteiger charge is -2.32. The molecule has 14 heavy (non-hydrogen) atoms. The molecule has 1 unspecified atom stereocenters. The van der Waals surface area contributed by atoms with Gasteiger partial charge < -0.3 is 9.64 Å². The summed E-state index contributed by atoms with van der Waals surface area (Å²) in [5.74, 6) is 1.10. The van der Waals surface area contributed by atoms with E-state index in [9.17, 15) is 0 Å². The minimum Gasteiger partial charge on any atom is -0.375 e. The van der Waals surface area contributed by atoms with Crippen molar-refractivity contribution in [2.45, 2.75) is 20.0 Å². The van der Waals surface area contributed by atoms with Gasteiger partial charge in [-0.3, -0.25) is 0 Å². The van der Waals surface area contributed by atoms with Crippen LogP contribution in [0, 0.1) is 6.92 Å². The van der Waals surface area contributed by atoms with Crippen LogP contribution in [0.5, 0.6) is 0 Å². The monoisotopic (exact) mass is 192 g/mol. The molecule has 1 aliphatic heterocycles. The standard InChI is InChI=1S/C11H16N2O/c1-9-4-3-5-12-11(9)13-6-7-14-10(2)8-13/h3-5,10H,6-8H2,1-2H3. The summed E-state index contributed by atoms with van der Waals surface area (Å²) in [7, 11) is 0. The van der Waals surface area contributed by atoms with E-state index in [4.69, 9.17) is 4.74 Å². The Labute approximate surface area is 84.7 Å². The number of pyridine rings is 1. The van der Waals surface area contributed by atoms with Crippen molar-refractivity contribution in [3.63, 3.8) is 0 Å². The summed E-state index contributed by atoms with van der Waals surface area (Å²) < 4.78 is 5.50. The summed E-state index contributed by atoms with van der Waals surface area (Å²) in [5.41, 5.74) is 1.24. The van der Waals surface area contributed by atoms with Crippen molar-refractivity contribution in [1.82, 2.24) is 4.98 Å². The van der Waals surface area contributed by atoms with Gasteiger partial charge in [0.05, 0.1) is 12.7 Å². The number of aryl methyl sites for hydroxylation is 1. The third kappa shape index (κ3) is 1.87. The largest absolute Gasteiger partial charge is 0.375 e. The molecular formula is C11H16N2O.